The lowest BCUT2D eigenvalue weighted by atomic mass is 9.90. The molecule has 7 heteroatoms. The van der Waals surface area contributed by atoms with Crippen LogP contribution < -0.4 is 0 Å². The third kappa shape index (κ3) is 7.88. The highest BCUT2D eigenvalue weighted by molar-refractivity contribution is 6.30. The van der Waals surface area contributed by atoms with Crippen molar-refractivity contribution in [3.05, 3.63) is 77.3 Å². The van der Waals surface area contributed by atoms with E-state index in [4.69, 9.17) is 26.4 Å². The first-order chi connectivity index (χ1) is 17.2. The number of hydrogen-bond donors (Lipinski definition) is 1. The van der Waals surface area contributed by atoms with Gasteiger partial charge in [-0.3, -0.25) is 9.36 Å². The van der Waals surface area contributed by atoms with Gasteiger partial charge in [0.2, 0.25) is 0 Å². The first kappa shape index (κ1) is 28.4. The Bertz CT molecular complexity index is 1340. The third-order valence-electron chi connectivity index (χ3n) is 5.41. The lowest BCUT2D eigenvalue weighted by Gasteiger charge is -2.19. The second-order valence-electron chi connectivity index (χ2n) is 11.1. The molecule has 0 radical (unpaired) electrons. The molecular weight excluding hydrogens is 486 g/mol. The molecule has 6 nitrogen and oxygen atoms in total. The zero-order valence-electron chi connectivity index (χ0n) is 22.7. The Hall–Kier alpha value is -3.22. The maximum Gasteiger partial charge on any atom is 0.311 e. The van der Waals surface area contributed by atoms with Crippen molar-refractivity contribution >= 4 is 28.5 Å². The van der Waals surface area contributed by atoms with Crippen LogP contribution >= 0.6 is 11.6 Å². The van der Waals surface area contributed by atoms with Gasteiger partial charge in [-0.2, -0.15) is 0 Å². The molecule has 1 N–H and O–H groups in total. The van der Waals surface area contributed by atoms with Crippen molar-refractivity contribution in [1.29, 1.82) is 0 Å². The molecule has 37 heavy (non-hydrogen) atoms. The van der Waals surface area contributed by atoms with Crippen LogP contribution in [0.1, 0.15) is 52.7 Å². The average Bonchev–Trinajstić information content (AvgIpc) is 3.33. The van der Waals surface area contributed by atoms with Crippen LogP contribution in [0.5, 0.6) is 0 Å². The molecular formula is C30H36ClN3O3. The van der Waals surface area contributed by atoms with E-state index in [0.29, 0.717) is 18.1 Å². The number of hydrogen-bond acceptors (Lipinski definition) is 5. The average molecular weight is 522 g/mol. The lowest BCUT2D eigenvalue weighted by molar-refractivity contribution is -0.152. The number of aryl methyl sites for hydroxylation is 1. The molecule has 0 saturated heterocycles. The molecule has 0 amide bonds. The van der Waals surface area contributed by atoms with E-state index >= 15 is 0 Å². The van der Waals surface area contributed by atoms with E-state index in [1.807, 2.05) is 61.9 Å². The van der Waals surface area contributed by atoms with Gasteiger partial charge in [0.05, 0.1) is 23.1 Å². The van der Waals surface area contributed by atoms with E-state index < -0.39 is 11.0 Å². The minimum Gasteiger partial charge on any atom is -0.465 e. The molecule has 0 bridgehead atoms. The van der Waals surface area contributed by atoms with Crippen LogP contribution in [0.3, 0.4) is 0 Å². The summed E-state index contributed by atoms with van der Waals surface area (Å²) in [6.07, 6.45) is 5.96. The molecule has 4 rings (SSSR count). The van der Waals surface area contributed by atoms with E-state index in [2.05, 4.69) is 24.0 Å². The Morgan fingerprint density at radius 2 is 1.70 bits per heavy atom. The molecule has 0 saturated carbocycles. The Morgan fingerprint density at radius 3 is 2.27 bits per heavy atom. The van der Waals surface area contributed by atoms with E-state index in [-0.39, 0.29) is 5.97 Å². The number of carbonyl (C=O) groups is 1. The normalized spacial score (nSPS) is 11.7. The number of pyridine rings is 1. The lowest BCUT2D eigenvalue weighted by Crippen LogP contribution is -2.24. The summed E-state index contributed by atoms with van der Waals surface area (Å²) in [5.41, 5.74) is 4.26. The van der Waals surface area contributed by atoms with Gasteiger partial charge in [0, 0.05) is 29.2 Å². The highest BCUT2D eigenvalue weighted by atomic mass is 35.5. The number of aliphatic hydroxyl groups is 1. The van der Waals surface area contributed by atoms with Gasteiger partial charge in [-0.15, -0.1) is 0 Å². The minimum absolute atomic E-state index is 0.198. The van der Waals surface area contributed by atoms with Gasteiger partial charge in [0.1, 0.15) is 12.1 Å². The predicted octanol–water partition coefficient (Wildman–Crippen LogP) is 6.96. The van der Waals surface area contributed by atoms with Gasteiger partial charge >= 0.3 is 5.97 Å². The summed E-state index contributed by atoms with van der Waals surface area (Å²) in [5, 5.41) is 10.2. The first-order valence-electron chi connectivity index (χ1n) is 12.3. The van der Waals surface area contributed by atoms with Crippen LogP contribution in [-0.2, 0) is 16.0 Å². The molecule has 0 fully saturated rings. The van der Waals surface area contributed by atoms with Crippen molar-refractivity contribution in [1.82, 2.24) is 14.5 Å². The highest BCUT2D eigenvalue weighted by Crippen LogP contribution is 2.35. The molecule has 2 heterocycles. The largest absolute Gasteiger partial charge is 0.465 e. The summed E-state index contributed by atoms with van der Waals surface area (Å²) >= 11 is 6.15. The van der Waals surface area contributed by atoms with Crippen LogP contribution in [0.2, 0.25) is 5.02 Å². The fourth-order valence-corrected chi connectivity index (χ4v) is 3.83. The van der Waals surface area contributed by atoms with Crippen molar-refractivity contribution in [2.45, 2.75) is 60.5 Å². The van der Waals surface area contributed by atoms with E-state index in [1.54, 1.807) is 33.3 Å². The topological polar surface area (TPSA) is 77.2 Å². The summed E-state index contributed by atoms with van der Waals surface area (Å²) < 4.78 is 7.46. The number of fused-ring (bicyclic) bond motifs is 1. The van der Waals surface area contributed by atoms with Gasteiger partial charge in [-0.1, -0.05) is 23.7 Å². The Kier molecular flexibility index (Phi) is 8.77. The molecule has 0 spiro atoms. The number of ether oxygens (including phenoxy) is 1. The van der Waals surface area contributed by atoms with E-state index in [0.717, 1.165) is 39.0 Å². The summed E-state index contributed by atoms with van der Waals surface area (Å²) in [6, 6.07) is 14.0. The number of carbonyl (C=O) groups excluding carboxylic acids is 1. The van der Waals surface area contributed by atoms with Crippen LogP contribution in [0.15, 0.2) is 61.2 Å². The van der Waals surface area contributed by atoms with E-state index in [9.17, 15) is 4.79 Å². The van der Waals surface area contributed by atoms with Crippen molar-refractivity contribution in [2.75, 3.05) is 6.61 Å². The van der Waals surface area contributed by atoms with E-state index in [1.165, 1.54) is 0 Å². The summed E-state index contributed by atoms with van der Waals surface area (Å²) in [7, 11) is 0. The minimum atomic E-state index is -0.523. The van der Waals surface area contributed by atoms with Gasteiger partial charge in [0.15, 0.2) is 0 Å². The number of nitrogens with zero attached hydrogens (tertiary/aromatic N) is 3. The maximum absolute atomic E-state index is 12.2. The first-order valence-corrected chi connectivity index (χ1v) is 12.7. The maximum atomic E-state index is 12.2. The molecule has 4 aromatic rings. The molecule has 2 aromatic heterocycles. The summed E-state index contributed by atoms with van der Waals surface area (Å²) in [6.45, 7) is 13.2. The zero-order chi connectivity index (χ0) is 27.4. The number of esters is 1. The second kappa shape index (κ2) is 11.4. The van der Waals surface area contributed by atoms with Crippen molar-refractivity contribution in [2.24, 2.45) is 5.41 Å². The molecule has 0 atom stereocenters. The number of rotatable bonds is 5. The predicted molar refractivity (Wildman–Crippen MR) is 150 cm³/mol. The van der Waals surface area contributed by atoms with Crippen molar-refractivity contribution < 1.29 is 14.6 Å². The van der Waals surface area contributed by atoms with Crippen LogP contribution in [0.4, 0.5) is 0 Å². The number of halogens is 1. The quantitative estimate of drug-likeness (QED) is 0.287. The van der Waals surface area contributed by atoms with Gasteiger partial charge in [-0.05, 0) is 101 Å². The molecule has 0 aliphatic heterocycles. The summed E-state index contributed by atoms with van der Waals surface area (Å²) in [4.78, 5) is 21.2. The fraction of sp³-hybridized carbons (Fsp3) is 0.367. The monoisotopic (exact) mass is 521 g/mol. The molecule has 0 unspecified atom stereocenters. The van der Waals surface area contributed by atoms with Crippen LogP contribution in [-0.4, -0.2) is 37.8 Å². The van der Waals surface area contributed by atoms with Gasteiger partial charge in [-0.25, -0.2) is 9.97 Å². The third-order valence-corrected chi connectivity index (χ3v) is 5.66. The van der Waals surface area contributed by atoms with Crippen molar-refractivity contribution in [3.63, 3.8) is 0 Å². The summed E-state index contributed by atoms with van der Waals surface area (Å²) in [5.74, 6) is 0.610. The zero-order valence-corrected chi connectivity index (χ0v) is 23.4. The Morgan fingerprint density at radius 1 is 1.05 bits per heavy atom. The SMILES string of the molecule is CC(C)(C)O.Cc1cc2nc(-n3ccnc3)ccc2c(-c2ccc(Cl)cc2)c1CCOC(=O)C(C)(C)C. The molecule has 0 aliphatic carbocycles. The Labute approximate surface area is 224 Å². The van der Waals surface area contributed by atoms with Gasteiger partial charge < -0.3 is 9.84 Å². The standard InChI is InChI=1S/C26H26ClN3O2.C4H10O/c1-17-15-22-21(9-10-23(29-22)30-13-12-28-16-30)24(18-5-7-19(27)8-6-18)20(17)11-14-32-25(31)26(2,3)4;1-4(2,3)5/h5-10,12-13,15-16H,11,14H2,1-4H3;5H,1-3H3. The number of benzene rings is 2. The number of imidazole rings is 1. The molecule has 196 valence electrons. The fourth-order valence-electron chi connectivity index (χ4n) is 3.71. The van der Waals surface area contributed by atoms with Crippen molar-refractivity contribution in [3.8, 4) is 16.9 Å². The van der Waals surface area contributed by atoms with Crippen LogP contribution in [0, 0.1) is 12.3 Å². The van der Waals surface area contributed by atoms with Gasteiger partial charge in [0.25, 0.3) is 0 Å². The van der Waals surface area contributed by atoms with Crippen LogP contribution in [0.25, 0.3) is 27.8 Å². The molecule has 0 aliphatic rings. The molecule has 2 aromatic carbocycles. The highest BCUT2D eigenvalue weighted by Gasteiger charge is 2.23. The smallest absolute Gasteiger partial charge is 0.311 e. The number of aromatic nitrogens is 3. The Balaban J connectivity index is 0.000000695. The second-order valence-corrected chi connectivity index (χ2v) is 11.5.